The molecule has 2 fully saturated rings. The zero-order valence-corrected chi connectivity index (χ0v) is 21.8. The van der Waals surface area contributed by atoms with Gasteiger partial charge in [0.15, 0.2) is 5.78 Å². The summed E-state index contributed by atoms with van der Waals surface area (Å²) in [5.74, 6) is -0.891. The van der Waals surface area contributed by atoms with E-state index in [1.165, 1.54) is 19.1 Å². The molecular formula is C26H33FN4O4S. The van der Waals surface area contributed by atoms with Crippen LogP contribution in [-0.2, 0) is 10.0 Å². The number of nitrogens with zero attached hydrogens (tertiary/aromatic N) is 3. The van der Waals surface area contributed by atoms with Crippen molar-refractivity contribution in [3.8, 4) is 0 Å². The van der Waals surface area contributed by atoms with Crippen LogP contribution in [0.15, 0.2) is 41.3 Å². The zero-order chi connectivity index (χ0) is 26.0. The van der Waals surface area contributed by atoms with Crippen molar-refractivity contribution >= 4 is 33.1 Å². The van der Waals surface area contributed by atoms with E-state index in [1.807, 2.05) is 4.90 Å². The highest BCUT2D eigenvalue weighted by Gasteiger charge is 2.29. The Hall–Kier alpha value is -2.98. The summed E-state index contributed by atoms with van der Waals surface area (Å²) >= 11 is 0. The zero-order valence-electron chi connectivity index (χ0n) is 21.0. The van der Waals surface area contributed by atoms with E-state index in [0.717, 1.165) is 31.6 Å². The van der Waals surface area contributed by atoms with Crippen LogP contribution in [0.2, 0.25) is 0 Å². The summed E-state index contributed by atoms with van der Waals surface area (Å²) in [6.45, 7) is 8.12. The number of piperazine rings is 1. The smallest absolute Gasteiger partial charge is 0.256 e. The Morgan fingerprint density at radius 3 is 2.08 bits per heavy atom. The molecule has 10 heteroatoms. The number of anilines is 2. The lowest BCUT2D eigenvalue weighted by atomic mass is 10.1. The molecule has 194 valence electrons. The predicted molar refractivity (Wildman–Crippen MR) is 138 cm³/mol. The second-order valence-electron chi connectivity index (χ2n) is 9.65. The fraction of sp³-hybridized carbons (Fsp3) is 0.462. The van der Waals surface area contributed by atoms with Crippen LogP contribution in [0.3, 0.4) is 0 Å². The van der Waals surface area contributed by atoms with Gasteiger partial charge in [-0.25, -0.2) is 17.5 Å². The Balaban J connectivity index is 1.56. The van der Waals surface area contributed by atoms with Crippen molar-refractivity contribution in [1.29, 1.82) is 0 Å². The first-order valence-electron chi connectivity index (χ1n) is 12.3. The predicted octanol–water partition coefficient (Wildman–Crippen LogP) is 3.28. The first-order valence-corrected chi connectivity index (χ1v) is 13.8. The molecule has 2 aromatic rings. The number of carbonyl (C=O) groups is 2. The lowest BCUT2D eigenvalue weighted by molar-refractivity contribution is 0.0746. The molecular weight excluding hydrogens is 483 g/mol. The summed E-state index contributed by atoms with van der Waals surface area (Å²) in [6.07, 6.45) is 2.05. The summed E-state index contributed by atoms with van der Waals surface area (Å²) < 4.78 is 42.8. The third kappa shape index (κ3) is 5.54. The first-order chi connectivity index (χ1) is 17.1. The van der Waals surface area contributed by atoms with Gasteiger partial charge in [0.2, 0.25) is 10.0 Å². The van der Waals surface area contributed by atoms with E-state index in [0.29, 0.717) is 43.0 Å². The molecule has 1 N–H and O–H groups in total. The maximum Gasteiger partial charge on any atom is 0.256 e. The lowest BCUT2D eigenvalue weighted by Gasteiger charge is -2.37. The molecule has 0 saturated carbocycles. The van der Waals surface area contributed by atoms with Crippen LogP contribution in [0.5, 0.6) is 0 Å². The summed E-state index contributed by atoms with van der Waals surface area (Å²) in [6, 6.07) is 8.95. The largest absolute Gasteiger partial charge is 0.371 e. The average molecular weight is 517 g/mol. The first kappa shape index (κ1) is 26.1. The van der Waals surface area contributed by atoms with E-state index < -0.39 is 15.8 Å². The number of sulfonamides is 1. The minimum atomic E-state index is -3.76. The summed E-state index contributed by atoms with van der Waals surface area (Å²) in [4.78, 5) is 30.9. The molecule has 0 bridgehead atoms. The molecule has 0 aromatic heterocycles. The number of Topliss-reactive ketones (excluding diaryl/α,β-unsaturated/α-hetero) is 1. The molecule has 2 aromatic carbocycles. The lowest BCUT2D eigenvalue weighted by Crippen LogP contribution is -2.49. The minimum Gasteiger partial charge on any atom is -0.371 e. The van der Waals surface area contributed by atoms with Crippen LogP contribution < -0.4 is 14.5 Å². The molecule has 2 aliphatic rings. The van der Waals surface area contributed by atoms with E-state index in [-0.39, 0.29) is 22.6 Å². The molecule has 0 radical (unpaired) electrons. The van der Waals surface area contributed by atoms with E-state index in [1.54, 1.807) is 43.0 Å². The van der Waals surface area contributed by atoms with Crippen LogP contribution in [0.25, 0.3) is 0 Å². The second kappa shape index (κ2) is 10.6. The normalized spacial score (nSPS) is 16.6. The third-order valence-electron chi connectivity index (χ3n) is 6.61. The van der Waals surface area contributed by atoms with Crippen LogP contribution in [0.4, 0.5) is 15.8 Å². The number of amides is 1. The topological polar surface area (TPSA) is 90.0 Å². The van der Waals surface area contributed by atoms with Crippen LogP contribution in [0.1, 0.15) is 54.3 Å². The SMILES string of the molecule is CC(=O)c1ccc(N2CCN(C(=O)c3cc(S(=O)(=O)NC(C)C)ccc3N3CCCC3)CC2)c(F)c1. The van der Waals surface area contributed by atoms with Gasteiger partial charge in [-0.2, -0.15) is 0 Å². The molecule has 2 aliphatic heterocycles. The highest BCUT2D eigenvalue weighted by molar-refractivity contribution is 7.89. The van der Waals surface area contributed by atoms with E-state index in [9.17, 15) is 22.4 Å². The standard InChI is InChI=1S/C26H33FN4O4S/c1-18(2)28-36(34,35)21-7-9-24(29-10-4-5-11-29)22(17-21)26(33)31-14-12-30(13-15-31)25-8-6-20(19(3)32)16-23(25)27/h6-9,16-18,28H,4-5,10-15H2,1-3H3. The van der Waals surface area contributed by atoms with E-state index >= 15 is 0 Å². The Labute approximate surface area is 212 Å². The number of hydrogen-bond acceptors (Lipinski definition) is 6. The Morgan fingerprint density at radius 1 is 0.889 bits per heavy atom. The maximum atomic E-state index is 14.6. The van der Waals surface area contributed by atoms with Crippen molar-refractivity contribution in [3.63, 3.8) is 0 Å². The molecule has 0 unspecified atom stereocenters. The highest BCUT2D eigenvalue weighted by atomic mass is 32.2. The van der Waals surface area contributed by atoms with Gasteiger partial charge in [-0.3, -0.25) is 9.59 Å². The van der Waals surface area contributed by atoms with Gasteiger partial charge in [0.05, 0.1) is 16.1 Å². The number of ketones is 1. The minimum absolute atomic E-state index is 0.0637. The van der Waals surface area contributed by atoms with Gasteiger partial charge in [0.1, 0.15) is 5.82 Å². The van der Waals surface area contributed by atoms with Crippen LogP contribution in [-0.4, -0.2) is 70.3 Å². The van der Waals surface area contributed by atoms with Crippen molar-refractivity contribution in [2.75, 3.05) is 49.1 Å². The van der Waals surface area contributed by atoms with Crippen molar-refractivity contribution < 1.29 is 22.4 Å². The molecule has 0 atom stereocenters. The molecule has 2 heterocycles. The average Bonchev–Trinajstić information content (AvgIpc) is 3.37. The number of carbonyl (C=O) groups excluding carboxylic acids is 2. The number of rotatable bonds is 7. The van der Waals surface area contributed by atoms with Gasteiger partial charge < -0.3 is 14.7 Å². The number of nitrogens with one attached hydrogen (secondary N) is 1. The Bertz CT molecular complexity index is 1250. The van der Waals surface area contributed by atoms with Crippen molar-refractivity contribution in [2.24, 2.45) is 0 Å². The highest BCUT2D eigenvalue weighted by Crippen LogP contribution is 2.29. The number of halogens is 1. The molecule has 36 heavy (non-hydrogen) atoms. The van der Waals surface area contributed by atoms with E-state index in [2.05, 4.69) is 9.62 Å². The van der Waals surface area contributed by atoms with Gasteiger partial charge >= 0.3 is 0 Å². The molecule has 1 amide bonds. The molecule has 0 aliphatic carbocycles. The fourth-order valence-corrected chi connectivity index (χ4v) is 6.05. The summed E-state index contributed by atoms with van der Waals surface area (Å²) in [5.41, 5.74) is 1.84. The van der Waals surface area contributed by atoms with Crippen LogP contribution in [0, 0.1) is 5.82 Å². The molecule has 8 nitrogen and oxygen atoms in total. The van der Waals surface area contributed by atoms with Crippen molar-refractivity contribution in [2.45, 2.75) is 44.6 Å². The summed E-state index contributed by atoms with van der Waals surface area (Å²) in [7, 11) is -3.76. The van der Waals surface area contributed by atoms with Gasteiger partial charge in [-0.05, 0) is 70.0 Å². The molecule has 2 saturated heterocycles. The number of benzene rings is 2. The van der Waals surface area contributed by atoms with Crippen molar-refractivity contribution in [1.82, 2.24) is 9.62 Å². The van der Waals surface area contributed by atoms with Crippen LogP contribution >= 0.6 is 0 Å². The fourth-order valence-electron chi connectivity index (χ4n) is 4.77. The summed E-state index contributed by atoms with van der Waals surface area (Å²) in [5, 5.41) is 0. The van der Waals surface area contributed by atoms with Gasteiger partial charge in [0.25, 0.3) is 5.91 Å². The molecule has 4 rings (SSSR count). The Kier molecular flexibility index (Phi) is 7.65. The number of hydrogen-bond donors (Lipinski definition) is 1. The van der Waals surface area contributed by atoms with Crippen molar-refractivity contribution in [3.05, 3.63) is 53.3 Å². The van der Waals surface area contributed by atoms with Gasteiger partial charge in [-0.15, -0.1) is 0 Å². The van der Waals surface area contributed by atoms with E-state index in [4.69, 9.17) is 0 Å². The monoisotopic (exact) mass is 516 g/mol. The Morgan fingerprint density at radius 2 is 1.50 bits per heavy atom. The maximum absolute atomic E-state index is 14.6. The quantitative estimate of drug-likeness (QED) is 0.568. The van der Waals surface area contributed by atoms with Gasteiger partial charge in [0, 0.05) is 56.6 Å². The third-order valence-corrected chi connectivity index (χ3v) is 8.26. The second-order valence-corrected chi connectivity index (χ2v) is 11.4. The molecule has 0 spiro atoms. The van der Waals surface area contributed by atoms with Gasteiger partial charge in [-0.1, -0.05) is 0 Å².